The summed E-state index contributed by atoms with van der Waals surface area (Å²) in [5.41, 5.74) is 0.672. The molecule has 2 aromatic heterocycles. The Morgan fingerprint density at radius 3 is 1.77 bits per heavy atom. The average Bonchev–Trinajstić information content (AvgIpc) is 4.22. The molecule has 13 nitrogen and oxygen atoms in total. The van der Waals surface area contributed by atoms with Crippen molar-refractivity contribution in [2.75, 3.05) is 43.1 Å². The lowest BCUT2D eigenvalue weighted by Gasteiger charge is -2.38. The maximum Gasteiger partial charge on any atom is 0.407 e. The fourth-order valence-corrected chi connectivity index (χ4v) is 11.9. The first-order chi connectivity index (χ1) is 35.0. The van der Waals surface area contributed by atoms with E-state index in [9.17, 15) is 14.4 Å². The molecule has 0 radical (unpaired) electrons. The number of aromatic nitrogens is 4. The van der Waals surface area contributed by atoms with E-state index in [-0.39, 0.29) is 91.0 Å². The molecule has 4 aliphatic rings. The number of imidazole rings is 2. The van der Waals surface area contributed by atoms with Crippen molar-refractivity contribution in [3.8, 4) is 0 Å². The SMILES string of the molecule is COC(=O)N[C@H](C(=O)N1CCC[C@H]1c1nc2cc(F)c([C@H]3CC[C@H](c4cc5[nH]c([C@@H]6CCCN6C(=O)CC(C)C)nc5cc4F)N3c3cc(F)c(N4CCC(F)(c5ccccc5)CC4)c(F)c3)cc2[nH]1)C(C)C. The zero-order chi connectivity index (χ0) is 51.5. The highest BCUT2D eigenvalue weighted by Crippen LogP contribution is 2.50. The highest BCUT2D eigenvalue weighted by molar-refractivity contribution is 5.87. The minimum absolute atomic E-state index is 0.0231. The maximum atomic E-state index is 16.9. The van der Waals surface area contributed by atoms with Crippen LogP contribution in [0.1, 0.15) is 138 Å². The van der Waals surface area contributed by atoms with Crippen LogP contribution in [0.3, 0.4) is 0 Å². The first kappa shape index (κ1) is 49.8. The van der Waals surface area contributed by atoms with Gasteiger partial charge < -0.3 is 39.6 Å². The number of likely N-dealkylation sites (tertiary alicyclic amines) is 2. The summed E-state index contributed by atoms with van der Waals surface area (Å²) in [6.45, 7) is 8.76. The van der Waals surface area contributed by atoms with Gasteiger partial charge in [0.15, 0.2) is 11.6 Å². The van der Waals surface area contributed by atoms with Crippen molar-refractivity contribution in [2.24, 2.45) is 11.8 Å². The number of rotatable bonds is 12. The van der Waals surface area contributed by atoms with Crippen LogP contribution in [0.25, 0.3) is 22.1 Å². The van der Waals surface area contributed by atoms with Crippen LogP contribution in [0, 0.1) is 35.1 Å². The number of nitrogens with one attached hydrogen (secondary N) is 3. The Kier molecular flexibility index (Phi) is 13.6. The van der Waals surface area contributed by atoms with Crippen LogP contribution in [0.15, 0.2) is 66.7 Å². The lowest BCUT2D eigenvalue weighted by molar-refractivity contribution is -0.135. The van der Waals surface area contributed by atoms with Gasteiger partial charge in [0.1, 0.15) is 40.7 Å². The van der Waals surface area contributed by atoms with Crippen LogP contribution >= 0.6 is 0 Å². The molecule has 4 aliphatic heterocycles. The molecule has 6 heterocycles. The third-order valence-corrected chi connectivity index (χ3v) is 15.5. The highest BCUT2D eigenvalue weighted by atomic mass is 19.2. The van der Waals surface area contributed by atoms with Crippen LogP contribution in [0.2, 0.25) is 0 Å². The fourth-order valence-electron chi connectivity index (χ4n) is 11.9. The molecule has 4 saturated heterocycles. The molecular weight excluding hydrogens is 946 g/mol. The molecule has 4 fully saturated rings. The normalized spacial score (nSPS) is 21.6. The van der Waals surface area contributed by atoms with Crippen LogP contribution in [0.5, 0.6) is 0 Å². The van der Waals surface area contributed by atoms with Gasteiger partial charge in [-0.1, -0.05) is 58.0 Å². The second kappa shape index (κ2) is 19.9. The molecule has 0 spiro atoms. The second-order valence-electron chi connectivity index (χ2n) is 21.0. The molecule has 73 heavy (non-hydrogen) atoms. The van der Waals surface area contributed by atoms with Crippen molar-refractivity contribution < 1.29 is 41.1 Å². The Balaban J connectivity index is 1.00. The molecule has 18 heteroatoms. The minimum Gasteiger partial charge on any atom is -0.453 e. The topological polar surface area (TPSA) is 143 Å². The zero-order valence-corrected chi connectivity index (χ0v) is 41.8. The molecular formula is C55H62F5N9O4. The Labute approximate surface area is 420 Å². The van der Waals surface area contributed by atoms with Gasteiger partial charge in [-0.05, 0) is 80.2 Å². The molecule has 6 aromatic rings. The Bertz CT molecular complexity index is 3020. The summed E-state index contributed by atoms with van der Waals surface area (Å²) in [7, 11) is 1.23. The number of halogens is 5. The molecule has 0 bridgehead atoms. The van der Waals surface area contributed by atoms with E-state index in [1.807, 2.05) is 32.6 Å². The number of alkyl halides is 1. The van der Waals surface area contributed by atoms with Gasteiger partial charge in [0.05, 0.1) is 53.3 Å². The number of methoxy groups -OCH3 is 1. The van der Waals surface area contributed by atoms with Gasteiger partial charge in [0.25, 0.3) is 0 Å². The first-order valence-corrected chi connectivity index (χ1v) is 25.6. The largest absolute Gasteiger partial charge is 0.453 e. The van der Waals surface area contributed by atoms with Gasteiger partial charge in [0, 0.05) is 74.4 Å². The van der Waals surface area contributed by atoms with Crippen LogP contribution in [-0.4, -0.2) is 87.0 Å². The van der Waals surface area contributed by atoms with Gasteiger partial charge in [0.2, 0.25) is 11.8 Å². The summed E-state index contributed by atoms with van der Waals surface area (Å²) < 4.78 is 88.2. The third kappa shape index (κ3) is 9.45. The number of H-pyrrole nitrogens is 2. The standard InChI is InChI=1S/C55H62F5N9O4/c1-30(2)23-48(70)67-19-9-13-46(67)51-61-40-26-34(36(56)28-42(40)63-51)44-15-16-45(69(44)33-24-38(58)50(39(59)25-33)66-21-17-55(60,18-22-66)32-11-7-6-8-12-32)35-27-41-43(29-37(35)57)64-52(62-41)47-14-10-20-68(47)53(71)49(31(3)4)65-54(72)73-5/h6-8,11-12,24-31,44-47,49H,9-10,13-23H2,1-5H3,(H,61,63)(H,62,64)(H,65,72)/t44-,45-,46+,47+,49+/m1/s1. The van der Waals surface area contributed by atoms with E-state index in [2.05, 4.69) is 15.3 Å². The van der Waals surface area contributed by atoms with Gasteiger partial charge >= 0.3 is 6.09 Å². The van der Waals surface area contributed by atoms with Crippen molar-refractivity contribution >= 4 is 51.3 Å². The summed E-state index contributed by atoms with van der Waals surface area (Å²) >= 11 is 0. The lowest BCUT2D eigenvalue weighted by Crippen LogP contribution is -2.51. The van der Waals surface area contributed by atoms with Crippen molar-refractivity contribution in [1.82, 2.24) is 35.1 Å². The summed E-state index contributed by atoms with van der Waals surface area (Å²) in [5, 5.41) is 2.65. The van der Waals surface area contributed by atoms with Gasteiger partial charge in [-0.2, -0.15) is 0 Å². The molecule has 4 aromatic carbocycles. The predicted molar refractivity (Wildman–Crippen MR) is 267 cm³/mol. The molecule has 5 atom stereocenters. The number of hydrogen-bond donors (Lipinski definition) is 3. The number of benzene rings is 4. The number of ether oxygens (including phenoxy) is 1. The second-order valence-corrected chi connectivity index (χ2v) is 21.0. The van der Waals surface area contributed by atoms with Gasteiger partial charge in [-0.3, -0.25) is 9.59 Å². The number of carbonyl (C=O) groups excluding carboxylic acids is 3. The zero-order valence-electron chi connectivity index (χ0n) is 41.8. The van der Waals surface area contributed by atoms with Crippen molar-refractivity contribution in [1.29, 1.82) is 0 Å². The smallest absolute Gasteiger partial charge is 0.407 e. The molecule has 386 valence electrons. The van der Waals surface area contributed by atoms with Crippen LogP contribution in [0.4, 0.5) is 38.1 Å². The number of aromatic amines is 2. The van der Waals surface area contributed by atoms with E-state index >= 15 is 22.0 Å². The van der Waals surface area contributed by atoms with E-state index in [0.29, 0.717) is 78.1 Å². The van der Waals surface area contributed by atoms with E-state index in [0.717, 1.165) is 6.42 Å². The number of anilines is 2. The number of piperidine rings is 1. The Hall–Kier alpha value is -6.72. The van der Waals surface area contributed by atoms with E-state index < -0.39 is 59.2 Å². The highest BCUT2D eigenvalue weighted by Gasteiger charge is 2.43. The molecule has 3 N–H and O–H groups in total. The summed E-state index contributed by atoms with van der Waals surface area (Å²) in [6.07, 6.45) is 2.98. The van der Waals surface area contributed by atoms with Crippen molar-refractivity contribution in [2.45, 2.75) is 121 Å². The molecule has 10 rings (SSSR count). The summed E-state index contributed by atoms with van der Waals surface area (Å²) in [4.78, 5) is 62.3. The predicted octanol–water partition coefficient (Wildman–Crippen LogP) is 11.3. The molecule has 0 unspecified atom stereocenters. The number of amides is 3. The van der Waals surface area contributed by atoms with E-state index in [1.54, 1.807) is 52.3 Å². The number of carbonyl (C=O) groups is 3. The lowest BCUT2D eigenvalue weighted by atomic mass is 9.86. The van der Waals surface area contributed by atoms with Crippen molar-refractivity contribution in [3.63, 3.8) is 0 Å². The Morgan fingerprint density at radius 1 is 0.712 bits per heavy atom. The Morgan fingerprint density at radius 2 is 1.25 bits per heavy atom. The maximum absolute atomic E-state index is 16.9. The summed E-state index contributed by atoms with van der Waals surface area (Å²) in [5.74, 6) is -2.39. The first-order valence-electron chi connectivity index (χ1n) is 25.6. The number of fused-ring (bicyclic) bond motifs is 2. The number of hydrogen-bond acceptors (Lipinski definition) is 8. The van der Waals surface area contributed by atoms with Crippen molar-refractivity contribution in [3.05, 3.63) is 118 Å². The monoisotopic (exact) mass is 1010 g/mol. The van der Waals surface area contributed by atoms with E-state index in [1.165, 1.54) is 36.3 Å². The molecule has 3 amide bonds. The number of alkyl carbamates (subject to hydrolysis) is 1. The minimum atomic E-state index is -1.66. The van der Waals surface area contributed by atoms with E-state index in [4.69, 9.17) is 14.7 Å². The molecule has 0 aliphatic carbocycles. The fraction of sp³-hybridized carbons (Fsp3) is 0.473. The van der Waals surface area contributed by atoms with Gasteiger partial charge in [-0.25, -0.2) is 36.7 Å². The number of nitrogens with zero attached hydrogens (tertiary/aromatic N) is 6. The van der Waals surface area contributed by atoms with Gasteiger partial charge in [-0.15, -0.1) is 0 Å². The quantitative estimate of drug-likeness (QED) is 0.103. The average molecular weight is 1010 g/mol. The molecule has 0 saturated carbocycles. The van der Waals surface area contributed by atoms with Crippen LogP contribution < -0.4 is 15.1 Å². The third-order valence-electron chi connectivity index (χ3n) is 15.5. The van der Waals surface area contributed by atoms with Crippen LogP contribution in [-0.2, 0) is 20.0 Å². The summed E-state index contributed by atoms with van der Waals surface area (Å²) in [6, 6.07) is 13.7.